The molecule has 0 aromatic carbocycles. The normalized spacial score (nSPS) is 7.78. The topological polar surface area (TPSA) is 43.1 Å². The number of ketones is 1. The predicted octanol–water partition coefficient (Wildman–Crippen LogP) is 0.243. The summed E-state index contributed by atoms with van der Waals surface area (Å²) in [5, 5.41) is 0. The quantitative estimate of drug-likeness (QED) is 0.714. The maximum Gasteiger partial charge on any atom is 0.168 e. The van der Waals surface area contributed by atoms with Gasteiger partial charge < -0.3 is 5.73 Å². The molecule has 2 nitrogen and oxygen atoms in total. The number of hydrogen-bond donors (Lipinski definition) is 1. The SMILES string of the molecule is CC=CC(=O)CN.F.[Xe]. The average molecular weight is 250 g/mol. The fraction of sp³-hybridized carbons (Fsp3) is 0.400. The molecule has 9 heavy (non-hydrogen) atoms. The Balaban J connectivity index is -0.000000180. The van der Waals surface area contributed by atoms with E-state index in [2.05, 4.69) is 0 Å². The fourth-order valence-electron chi connectivity index (χ4n) is 0.254. The van der Waals surface area contributed by atoms with E-state index in [0.29, 0.717) is 0 Å². The van der Waals surface area contributed by atoms with Crippen LogP contribution in [0.2, 0.25) is 0 Å². The van der Waals surface area contributed by atoms with Gasteiger partial charge in [-0.15, -0.1) is 0 Å². The van der Waals surface area contributed by atoms with Crippen LogP contribution in [0.5, 0.6) is 0 Å². The van der Waals surface area contributed by atoms with Gasteiger partial charge in [-0.25, -0.2) is 0 Å². The van der Waals surface area contributed by atoms with Crippen LogP contribution in [0.15, 0.2) is 12.2 Å². The molecule has 0 bridgehead atoms. The molecule has 0 saturated heterocycles. The van der Waals surface area contributed by atoms with E-state index in [1.165, 1.54) is 6.08 Å². The number of carbonyl (C=O) groups excluding carboxylic acids is 1. The van der Waals surface area contributed by atoms with Crippen molar-refractivity contribution >= 4 is 5.78 Å². The summed E-state index contributed by atoms with van der Waals surface area (Å²) in [5.74, 6) is -0.0255. The largest absolute Gasteiger partial charge is 0.324 e. The van der Waals surface area contributed by atoms with E-state index in [9.17, 15) is 4.79 Å². The van der Waals surface area contributed by atoms with E-state index in [1.54, 1.807) is 13.0 Å². The van der Waals surface area contributed by atoms with Crippen LogP contribution >= 0.6 is 0 Å². The van der Waals surface area contributed by atoms with Crippen LogP contribution in [0.4, 0.5) is 4.70 Å². The van der Waals surface area contributed by atoms with Gasteiger partial charge in [0.2, 0.25) is 0 Å². The van der Waals surface area contributed by atoms with Crippen LogP contribution in [0.1, 0.15) is 6.92 Å². The van der Waals surface area contributed by atoms with Gasteiger partial charge in [-0.3, -0.25) is 9.50 Å². The first-order chi connectivity index (χ1) is 3.31. The molecular formula is C5H10FNOXe. The smallest absolute Gasteiger partial charge is 0.168 e. The Bertz CT molecular complexity index is 95.0. The molecule has 0 amide bonds. The number of allylic oxidation sites excluding steroid dienone is 1. The van der Waals surface area contributed by atoms with E-state index in [1.807, 2.05) is 0 Å². The molecule has 56 valence electrons. The molecular weight excluding hydrogens is 240 g/mol. The molecule has 4 heteroatoms. The van der Waals surface area contributed by atoms with Crippen molar-refractivity contribution < 1.29 is 58.4 Å². The van der Waals surface area contributed by atoms with E-state index >= 15 is 0 Å². The zero-order chi connectivity index (χ0) is 5.70. The van der Waals surface area contributed by atoms with E-state index in [0.717, 1.165) is 0 Å². The van der Waals surface area contributed by atoms with Gasteiger partial charge >= 0.3 is 0 Å². The third-order valence-corrected chi connectivity index (χ3v) is 0.554. The van der Waals surface area contributed by atoms with Crippen molar-refractivity contribution in [2.24, 2.45) is 5.73 Å². The maximum atomic E-state index is 10.2. The molecule has 0 aliphatic heterocycles. The molecule has 0 atom stereocenters. The predicted molar refractivity (Wildman–Crippen MR) is 31.4 cm³/mol. The number of rotatable bonds is 2. The summed E-state index contributed by atoms with van der Waals surface area (Å²) in [5.41, 5.74) is 4.96. The number of halogens is 1. The summed E-state index contributed by atoms with van der Waals surface area (Å²) >= 11 is 0. The molecule has 0 heterocycles. The van der Waals surface area contributed by atoms with Crippen molar-refractivity contribution in [1.82, 2.24) is 0 Å². The minimum Gasteiger partial charge on any atom is -0.324 e. The Kier molecular flexibility index (Phi) is 21.3. The molecule has 0 saturated carbocycles. The van der Waals surface area contributed by atoms with Crippen molar-refractivity contribution in [1.29, 1.82) is 0 Å². The first kappa shape index (κ1) is 16.5. The number of nitrogens with two attached hydrogens (primary N) is 1. The second kappa shape index (κ2) is 11.6. The molecule has 0 aliphatic carbocycles. The third kappa shape index (κ3) is 12.2. The third-order valence-electron chi connectivity index (χ3n) is 0.554. The fourth-order valence-corrected chi connectivity index (χ4v) is 0.254. The van der Waals surface area contributed by atoms with Gasteiger partial charge in [-0.05, 0) is 13.0 Å². The van der Waals surface area contributed by atoms with Crippen molar-refractivity contribution in [2.75, 3.05) is 6.54 Å². The average Bonchev–Trinajstić information content (AvgIpc) is 1.68. The minimum atomic E-state index is -0.0255. The summed E-state index contributed by atoms with van der Waals surface area (Å²) in [6.45, 7) is 1.90. The summed E-state index contributed by atoms with van der Waals surface area (Å²) in [6, 6.07) is 0. The van der Waals surface area contributed by atoms with E-state index < -0.39 is 0 Å². The standard InChI is InChI=1S/C5H9NO.FH.Xe/c1-2-3-5(7)4-6;;/h2-3H,4,6H2,1H3;1H;. The molecule has 0 spiro atoms. The zero-order valence-corrected chi connectivity index (χ0v) is 7.13. The van der Waals surface area contributed by atoms with Gasteiger partial charge in [0, 0.05) is 48.9 Å². The number of carbonyl (C=O) groups is 1. The van der Waals surface area contributed by atoms with Crippen LogP contribution in [-0.4, -0.2) is 12.3 Å². The summed E-state index contributed by atoms with van der Waals surface area (Å²) in [6.07, 6.45) is 3.13. The second-order valence-corrected chi connectivity index (χ2v) is 1.17. The van der Waals surface area contributed by atoms with Crippen LogP contribution in [0.25, 0.3) is 0 Å². The molecule has 0 rings (SSSR count). The van der Waals surface area contributed by atoms with Gasteiger partial charge in [-0.2, -0.15) is 0 Å². The van der Waals surface area contributed by atoms with Crippen molar-refractivity contribution in [2.45, 2.75) is 6.92 Å². The molecule has 2 N–H and O–H groups in total. The van der Waals surface area contributed by atoms with Crippen LogP contribution in [-0.2, 0) is 4.79 Å². The van der Waals surface area contributed by atoms with Crippen LogP contribution < -0.4 is 5.73 Å². The summed E-state index contributed by atoms with van der Waals surface area (Å²) < 4.78 is 0. The molecule has 0 radical (unpaired) electrons. The molecule has 0 unspecified atom stereocenters. The van der Waals surface area contributed by atoms with Gasteiger partial charge in [0.15, 0.2) is 5.78 Å². The molecule has 0 fully saturated rings. The van der Waals surface area contributed by atoms with Crippen LogP contribution in [0.3, 0.4) is 0 Å². The summed E-state index contributed by atoms with van der Waals surface area (Å²) in [4.78, 5) is 10.2. The Morgan fingerprint density at radius 1 is 1.67 bits per heavy atom. The monoisotopic (exact) mass is 251 g/mol. The molecule has 0 aromatic rings. The van der Waals surface area contributed by atoms with Gasteiger partial charge in [0.05, 0.1) is 6.54 Å². The first-order valence-corrected chi connectivity index (χ1v) is 2.17. The van der Waals surface area contributed by atoms with E-state index in [4.69, 9.17) is 5.73 Å². The first-order valence-electron chi connectivity index (χ1n) is 2.17. The Labute approximate surface area is 94.3 Å². The van der Waals surface area contributed by atoms with Crippen LogP contribution in [0, 0.1) is 48.9 Å². The Hall–Kier alpha value is 0.871. The maximum absolute atomic E-state index is 10.2. The Morgan fingerprint density at radius 2 is 2.11 bits per heavy atom. The van der Waals surface area contributed by atoms with Gasteiger partial charge in [0.1, 0.15) is 0 Å². The Morgan fingerprint density at radius 3 is 2.22 bits per heavy atom. The summed E-state index contributed by atoms with van der Waals surface area (Å²) in [7, 11) is 0. The molecule has 0 aliphatic rings. The van der Waals surface area contributed by atoms with Gasteiger partial charge in [0.25, 0.3) is 0 Å². The van der Waals surface area contributed by atoms with E-state index in [-0.39, 0.29) is 65.9 Å². The second-order valence-electron chi connectivity index (χ2n) is 1.17. The minimum absolute atomic E-state index is 0. The zero-order valence-electron chi connectivity index (χ0n) is 5.11. The van der Waals surface area contributed by atoms with Crippen molar-refractivity contribution in [3.8, 4) is 0 Å². The van der Waals surface area contributed by atoms with Gasteiger partial charge in [-0.1, -0.05) is 6.08 Å². The van der Waals surface area contributed by atoms with Crippen molar-refractivity contribution in [3.05, 3.63) is 12.2 Å². The van der Waals surface area contributed by atoms with Crippen molar-refractivity contribution in [3.63, 3.8) is 0 Å². The molecule has 0 aromatic heterocycles. The number of hydrogen-bond acceptors (Lipinski definition) is 2.